The van der Waals surface area contributed by atoms with Crippen LogP contribution in [0.25, 0.3) is 21.9 Å². The molecule has 0 spiro atoms. The lowest BCUT2D eigenvalue weighted by Crippen LogP contribution is -2.50. The molecule has 7 heteroatoms. The third kappa shape index (κ3) is 2.97. The summed E-state index contributed by atoms with van der Waals surface area (Å²) in [5.41, 5.74) is -1.66. The first-order chi connectivity index (χ1) is 13.2. The molecule has 0 radical (unpaired) electrons. The highest BCUT2D eigenvalue weighted by Crippen LogP contribution is 2.37. The SMILES string of the molecule is CC1(C)OC(C)(CCOc2c3ccoc3cc3oc(=O)ccc23)C(=O)C=C1O. The topological polar surface area (TPSA) is 99.1 Å². The van der Waals surface area contributed by atoms with Crippen LogP contribution in [0, 0.1) is 0 Å². The number of benzene rings is 1. The minimum atomic E-state index is -1.12. The van der Waals surface area contributed by atoms with Gasteiger partial charge in [0.1, 0.15) is 33.9 Å². The highest BCUT2D eigenvalue weighted by Gasteiger charge is 2.44. The van der Waals surface area contributed by atoms with Gasteiger partial charge in [0, 0.05) is 24.6 Å². The zero-order valence-electron chi connectivity index (χ0n) is 15.8. The summed E-state index contributed by atoms with van der Waals surface area (Å²) in [5.74, 6) is 0.0971. The first-order valence-electron chi connectivity index (χ1n) is 8.92. The van der Waals surface area contributed by atoms with Gasteiger partial charge in [0.15, 0.2) is 5.78 Å². The number of aliphatic hydroxyl groups excluding tert-OH is 1. The van der Waals surface area contributed by atoms with E-state index in [1.807, 2.05) is 0 Å². The fourth-order valence-electron chi connectivity index (χ4n) is 3.40. The molecule has 0 aliphatic carbocycles. The molecule has 3 aromatic rings. The molecule has 1 atom stereocenters. The van der Waals surface area contributed by atoms with E-state index in [1.165, 1.54) is 18.4 Å². The van der Waals surface area contributed by atoms with Gasteiger partial charge < -0.3 is 23.4 Å². The van der Waals surface area contributed by atoms with Gasteiger partial charge in [-0.05, 0) is 32.9 Å². The first-order valence-corrected chi connectivity index (χ1v) is 8.92. The van der Waals surface area contributed by atoms with Crippen LogP contribution in [0.5, 0.6) is 5.75 Å². The summed E-state index contributed by atoms with van der Waals surface area (Å²) in [4.78, 5) is 23.9. The van der Waals surface area contributed by atoms with Crippen molar-refractivity contribution in [3.05, 3.63) is 52.8 Å². The van der Waals surface area contributed by atoms with E-state index >= 15 is 0 Å². The number of hydrogen-bond donors (Lipinski definition) is 1. The van der Waals surface area contributed by atoms with E-state index in [-0.39, 0.29) is 24.6 Å². The second-order valence-corrected chi connectivity index (χ2v) is 7.54. The smallest absolute Gasteiger partial charge is 0.336 e. The van der Waals surface area contributed by atoms with Crippen molar-refractivity contribution in [2.75, 3.05) is 6.61 Å². The van der Waals surface area contributed by atoms with Crippen LogP contribution in [-0.4, -0.2) is 28.7 Å². The molecule has 1 aliphatic heterocycles. The second-order valence-electron chi connectivity index (χ2n) is 7.54. The fraction of sp³-hybridized carbons (Fsp3) is 0.333. The fourth-order valence-corrected chi connectivity index (χ4v) is 3.40. The first kappa shape index (κ1) is 18.3. The Morgan fingerprint density at radius 2 is 1.82 bits per heavy atom. The normalized spacial score (nSPS) is 21.8. The van der Waals surface area contributed by atoms with Crippen molar-refractivity contribution in [3.8, 4) is 5.75 Å². The number of rotatable bonds is 4. The summed E-state index contributed by atoms with van der Waals surface area (Å²) in [5, 5.41) is 11.3. The predicted molar refractivity (Wildman–Crippen MR) is 102 cm³/mol. The Balaban J connectivity index is 1.63. The Bertz CT molecular complexity index is 1160. The molecule has 0 amide bonds. The molecule has 3 heterocycles. The van der Waals surface area contributed by atoms with Crippen LogP contribution in [0.2, 0.25) is 0 Å². The standard InChI is InChI=1S/C21H20O7/c1-20(2)16(22)11-17(23)21(3,28-20)7-9-26-19-12-4-5-18(24)27-15(12)10-14-13(19)6-8-25-14/h4-6,8,10-11,22H,7,9H2,1-3H3. The van der Waals surface area contributed by atoms with Crippen LogP contribution < -0.4 is 10.4 Å². The molecule has 1 N–H and O–H groups in total. The molecular formula is C21H20O7. The quantitative estimate of drug-likeness (QED) is 0.681. The number of hydrogen-bond acceptors (Lipinski definition) is 7. The van der Waals surface area contributed by atoms with E-state index < -0.39 is 16.8 Å². The highest BCUT2D eigenvalue weighted by molar-refractivity contribution is 6.01. The van der Waals surface area contributed by atoms with Crippen molar-refractivity contribution in [2.45, 2.75) is 38.4 Å². The maximum Gasteiger partial charge on any atom is 0.336 e. The summed E-state index contributed by atoms with van der Waals surface area (Å²) in [6.07, 6.45) is 3.01. The van der Waals surface area contributed by atoms with Gasteiger partial charge in [-0.25, -0.2) is 4.79 Å². The zero-order valence-corrected chi connectivity index (χ0v) is 15.8. The average Bonchev–Trinajstić information content (AvgIpc) is 3.07. The van der Waals surface area contributed by atoms with Crippen LogP contribution in [0.3, 0.4) is 0 Å². The van der Waals surface area contributed by atoms with Crippen LogP contribution in [-0.2, 0) is 9.53 Å². The van der Waals surface area contributed by atoms with Gasteiger partial charge in [-0.3, -0.25) is 4.79 Å². The third-order valence-corrected chi connectivity index (χ3v) is 5.02. The maximum absolute atomic E-state index is 12.4. The lowest BCUT2D eigenvalue weighted by molar-refractivity contribution is -0.167. The Morgan fingerprint density at radius 3 is 2.61 bits per heavy atom. The summed E-state index contributed by atoms with van der Waals surface area (Å²) < 4.78 is 22.5. The van der Waals surface area contributed by atoms with Crippen molar-refractivity contribution >= 4 is 27.7 Å². The minimum absolute atomic E-state index is 0.0971. The molecule has 1 unspecified atom stereocenters. The van der Waals surface area contributed by atoms with Crippen molar-refractivity contribution in [1.82, 2.24) is 0 Å². The number of carbonyl (C=O) groups excluding carboxylic acids is 1. The third-order valence-electron chi connectivity index (χ3n) is 5.02. The molecule has 2 aromatic heterocycles. The molecule has 7 nitrogen and oxygen atoms in total. The number of furan rings is 1. The average molecular weight is 384 g/mol. The van der Waals surface area contributed by atoms with Crippen LogP contribution in [0.4, 0.5) is 0 Å². The lowest BCUT2D eigenvalue weighted by Gasteiger charge is -2.39. The molecule has 28 heavy (non-hydrogen) atoms. The summed E-state index contributed by atoms with van der Waals surface area (Å²) in [7, 11) is 0. The van der Waals surface area contributed by atoms with Crippen LogP contribution in [0.1, 0.15) is 27.2 Å². The van der Waals surface area contributed by atoms with E-state index in [0.29, 0.717) is 22.3 Å². The largest absolute Gasteiger partial charge is 0.509 e. The van der Waals surface area contributed by atoms with E-state index in [9.17, 15) is 14.7 Å². The van der Waals surface area contributed by atoms with Crippen molar-refractivity contribution < 1.29 is 28.2 Å². The maximum atomic E-state index is 12.4. The number of ketones is 1. The predicted octanol–water partition coefficient (Wildman–Crippen LogP) is 3.89. The monoisotopic (exact) mass is 384 g/mol. The molecule has 0 saturated heterocycles. The van der Waals surface area contributed by atoms with Gasteiger partial charge >= 0.3 is 5.63 Å². The summed E-state index contributed by atoms with van der Waals surface area (Å²) in [6, 6.07) is 6.37. The molecule has 146 valence electrons. The van der Waals surface area contributed by atoms with Gasteiger partial charge in [0.2, 0.25) is 0 Å². The van der Waals surface area contributed by atoms with Crippen LogP contribution in [0.15, 0.2) is 56.0 Å². The minimum Gasteiger partial charge on any atom is -0.509 e. The number of aliphatic hydroxyl groups is 1. The highest BCUT2D eigenvalue weighted by atomic mass is 16.5. The van der Waals surface area contributed by atoms with E-state index in [4.69, 9.17) is 18.3 Å². The number of ether oxygens (including phenoxy) is 2. The molecule has 1 aromatic carbocycles. The van der Waals surface area contributed by atoms with Gasteiger partial charge in [0.05, 0.1) is 23.6 Å². The van der Waals surface area contributed by atoms with Crippen molar-refractivity contribution in [2.24, 2.45) is 0 Å². The Kier molecular flexibility index (Phi) is 4.08. The van der Waals surface area contributed by atoms with Crippen LogP contribution >= 0.6 is 0 Å². The Hall–Kier alpha value is -3.06. The molecule has 0 saturated carbocycles. The molecular weight excluding hydrogens is 364 g/mol. The van der Waals surface area contributed by atoms with E-state index in [0.717, 1.165) is 5.39 Å². The Morgan fingerprint density at radius 1 is 1.07 bits per heavy atom. The van der Waals surface area contributed by atoms with E-state index in [2.05, 4.69) is 0 Å². The van der Waals surface area contributed by atoms with Gasteiger partial charge in [-0.1, -0.05) is 0 Å². The van der Waals surface area contributed by atoms with Gasteiger partial charge in [-0.15, -0.1) is 0 Å². The van der Waals surface area contributed by atoms with Crippen molar-refractivity contribution in [3.63, 3.8) is 0 Å². The van der Waals surface area contributed by atoms with E-state index in [1.54, 1.807) is 39.0 Å². The lowest BCUT2D eigenvalue weighted by atomic mass is 9.89. The molecule has 0 bridgehead atoms. The molecule has 1 aliphatic rings. The van der Waals surface area contributed by atoms with Gasteiger partial charge in [0.25, 0.3) is 0 Å². The van der Waals surface area contributed by atoms with Gasteiger partial charge in [-0.2, -0.15) is 0 Å². The molecule has 4 rings (SSSR count). The molecule has 0 fully saturated rings. The second kappa shape index (κ2) is 6.24. The van der Waals surface area contributed by atoms with Crippen molar-refractivity contribution in [1.29, 1.82) is 0 Å². The number of carbonyl (C=O) groups is 1. The summed E-state index contributed by atoms with van der Waals surface area (Å²) in [6.45, 7) is 5.25. The Labute approximate surface area is 160 Å². The number of fused-ring (bicyclic) bond motifs is 2. The summed E-state index contributed by atoms with van der Waals surface area (Å²) >= 11 is 0. The zero-order chi connectivity index (χ0) is 20.1.